The predicted octanol–water partition coefficient (Wildman–Crippen LogP) is 5.22. The molecule has 3 aromatic rings. The lowest BCUT2D eigenvalue weighted by Gasteiger charge is -2.47. The van der Waals surface area contributed by atoms with Crippen LogP contribution in [0.2, 0.25) is 0 Å². The van der Waals surface area contributed by atoms with Crippen LogP contribution in [0.15, 0.2) is 107 Å². The molecule has 8 nitrogen and oxygen atoms in total. The minimum Gasteiger partial charge on any atom is -0.497 e. The Hall–Kier alpha value is -3.60. The lowest BCUT2D eigenvalue weighted by molar-refractivity contribution is -0.161. The van der Waals surface area contributed by atoms with Gasteiger partial charge in [0.1, 0.15) is 22.9 Å². The van der Waals surface area contributed by atoms with E-state index in [1.165, 1.54) is 17.0 Å². The van der Waals surface area contributed by atoms with Crippen molar-refractivity contribution >= 4 is 48.3 Å². The summed E-state index contributed by atoms with van der Waals surface area (Å²) in [5.41, 5.74) is 1.91. The van der Waals surface area contributed by atoms with Crippen LogP contribution in [-0.2, 0) is 36.2 Å². The number of benzene rings is 3. The summed E-state index contributed by atoms with van der Waals surface area (Å²) in [5.74, 6) is -0.628. The summed E-state index contributed by atoms with van der Waals surface area (Å²) in [6.45, 7) is 5.42. The molecule has 1 fully saturated rings. The highest BCUT2D eigenvalue weighted by molar-refractivity contribution is 8.72. The number of nitrogens with zero attached hydrogens (tertiary/aromatic N) is 2. The van der Waals surface area contributed by atoms with E-state index in [0.717, 1.165) is 5.56 Å². The first-order valence-corrected chi connectivity index (χ1v) is 15.9. The molecular formula is C30H29ClN2O6S2. The average Bonchev–Trinajstić information content (AvgIpc) is 2.97. The van der Waals surface area contributed by atoms with E-state index < -0.39 is 38.2 Å². The van der Waals surface area contributed by atoms with E-state index in [0.29, 0.717) is 27.7 Å². The Morgan fingerprint density at radius 1 is 1.02 bits per heavy atom. The van der Waals surface area contributed by atoms with E-state index in [-0.39, 0.29) is 23.1 Å². The molecule has 1 aliphatic heterocycles. The topological polar surface area (TPSA) is 102 Å². The molecular weight excluding hydrogens is 584 g/mol. The van der Waals surface area contributed by atoms with Crippen molar-refractivity contribution in [1.82, 2.24) is 4.90 Å². The van der Waals surface area contributed by atoms with E-state index in [4.69, 9.17) is 21.1 Å². The number of rotatable bonds is 12. The van der Waals surface area contributed by atoms with Gasteiger partial charge in [-0.15, -0.1) is 0 Å². The molecule has 214 valence electrons. The maximum absolute atomic E-state index is 13.5. The Morgan fingerprint density at radius 2 is 1.63 bits per heavy atom. The summed E-state index contributed by atoms with van der Waals surface area (Å²) in [7, 11) is -1.84. The highest BCUT2D eigenvalue weighted by Gasteiger charge is 2.55. The monoisotopic (exact) mass is 612 g/mol. The number of carbonyl (C=O) groups is 2. The number of methoxy groups -OCH3 is 1. The minimum atomic E-state index is -3.93. The molecule has 0 aromatic heterocycles. The Balaban J connectivity index is 1.59. The highest BCUT2D eigenvalue weighted by atomic mass is 35.5. The summed E-state index contributed by atoms with van der Waals surface area (Å²) in [4.78, 5) is 32.4. The standard InChI is InChI=1S/C30H29ClN2O6S2/c1-20(2)27(30(35)39-19-22-14-16-23(38-3)17-15-22)33-28(34)26(32-25(31)18-21-10-6-4-7-11-21)29(33)40-41(36,37)24-12-8-5-9-13-24/h4-17,26-27,29H,1,18-19H2,2-3H3. The normalized spacial score (nSPS) is 17.9. The van der Waals surface area contributed by atoms with Crippen LogP contribution in [0.4, 0.5) is 0 Å². The number of hydrogen-bond donors (Lipinski definition) is 0. The number of hydrogen-bond acceptors (Lipinski definition) is 8. The zero-order valence-corrected chi connectivity index (χ0v) is 24.9. The maximum Gasteiger partial charge on any atom is 0.333 e. The molecule has 3 unspecified atom stereocenters. The molecule has 0 radical (unpaired) electrons. The van der Waals surface area contributed by atoms with Gasteiger partial charge in [-0.25, -0.2) is 13.2 Å². The third kappa shape index (κ3) is 7.38. The van der Waals surface area contributed by atoms with Crippen LogP contribution < -0.4 is 4.74 Å². The zero-order chi connectivity index (χ0) is 29.6. The molecule has 4 rings (SSSR count). The quantitative estimate of drug-likeness (QED) is 0.0908. The third-order valence-corrected chi connectivity index (χ3v) is 10.2. The van der Waals surface area contributed by atoms with Gasteiger partial charge in [-0.1, -0.05) is 78.8 Å². The van der Waals surface area contributed by atoms with E-state index in [1.54, 1.807) is 56.5 Å². The van der Waals surface area contributed by atoms with Gasteiger partial charge in [-0.2, -0.15) is 0 Å². The summed E-state index contributed by atoms with van der Waals surface area (Å²) in [5, 5.41) is -0.904. The molecule has 0 aliphatic carbocycles. The molecule has 11 heteroatoms. The molecule has 0 saturated carbocycles. The molecule has 41 heavy (non-hydrogen) atoms. The second kappa shape index (κ2) is 13.4. The van der Waals surface area contributed by atoms with Crippen LogP contribution >= 0.6 is 22.4 Å². The SMILES string of the molecule is C=C(C)C(C(=O)OCc1ccc(OC)cc1)N1C(=O)C(N=C(Cl)Cc2ccccc2)C1SS(=O)(=O)c1ccccc1. The van der Waals surface area contributed by atoms with Crippen LogP contribution in [0.3, 0.4) is 0 Å². The van der Waals surface area contributed by atoms with Gasteiger partial charge in [0.25, 0.3) is 5.91 Å². The van der Waals surface area contributed by atoms with Crippen molar-refractivity contribution in [3.63, 3.8) is 0 Å². The second-order valence-electron chi connectivity index (χ2n) is 9.32. The van der Waals surface area contributed by atoms with Crippen LogP contribution in [0.5, 0.6) is 5.75 Å². The molecule has 1 amide bonds. The summed E-state index contributed by atoms with van der Waals surface area (Å²) in [6, 6.07) is 21.8. The number of likely N-dealkylation sites (tertiary alicyclic amines) is 1. The molecule has 1 heterocycles. The van der Waals surface area contributed by atoms with E-state index in [1.807, 2.05) is 30.3 Å². The molecule has 3 aromatic carbocycles. The average molecular weight is 613 g/mol. The zero-order valence-electron chi connectivity index (χ0n) is 22.5. The Kier molecular flexibility index (Phi) is 9.90. The number of amides is 1. The van der Waals surface area contributed by atoms with Crippen molar-refractivity contribution in [2.45, 2.75) is 42.3 Å². The summed E-state index contributed by atoms with van der Waals surface area (Å²) >= 11 is 6.44. The number of halogens is 1. The number of esters is 1. The number of β-lactam (4-membered cyclic amide) rings is 1. The van der Waals surface area contributed by atoms with Gasteiger partial charge >= 0.3 is 5.97 Å². The largest absolute Gasteiger partial charge is 0.497 e. The van der Waals surface area contributed by atoms with Crippen LogP contribution in [-0.4, -0.2) is 54.9 Å². The number of ether oxygens (including phenoxy) is 2. The number of aliphatic imine (C=N–C) groups is 1. The van der Waals surface area contributed by atoms with E-state index in [9.17, 15) is 18.0 Å². The Morgan fingerprint density at radius 3 is 2.22 bits per heavy atom. The Labute approximate surface area is 248 Å². The van der Waals surface area contributed by atoms with Crippen molar-refractivity contribution < 1.29 is 27.5 Å². The molecule has 1 aliphatic rings. The second-order valence-corrected chi connectivity index (χ2v) is 13.7. The lowest BCUT2D eigenvalue weighted by Crippen LogP contribution is -2.68. The van der Waals surface area contributed by atoms with Crippen LogP contribution in [0.1, 0.15) is 18.1 Å². The Bertz CT molecular complexity index is 1530. The van der Waals surface area contributed by atoms with Crippen LogP contribution in [0.25, 0.3) is 0 Å². The molecule has 0 N–H and O–H groups in total. The summed E-state index contributed by atoms with van der Waals surface area (Å²) in [6.07, 6.45) is 0.267. The van der Waals surface area contributed by atoms with Crippen molar-refractivity contribution in [2.75, 3.05) is 7.11 Å². The molecule has 0 spiro atoms. The molecule has 0 bridgehead atoms. The van der Waals surface area contributed by atoms with Gasteiger partial charge in [0.05, 0.1) is 12.0 Å². The van der Waals surface area contributed by atoms with E-state index >= 15 is 0 Å². The predicted molar refractivity (Wildman–Crippen MR) is 160 cm³/mol. The van der Waals surface area contributed by atoms with E-state index in [2.05, 4.69) is 11.6 Å². The molecule has 1 saturated heterocycles. The van der Waals surface area contributed by atoms with Gasteiger partial charge in [0.15, 0.2) is 12.1 Å². The molecule has 3 atom stereocenters. The third-order valence-electron chi connectivity index (χ3n) is 6.29. The maximum atomic E-state index is 13.5. The fourth-order valence-electron chi connectivity index (χ4n) is 4.20. The first kappa shape index (κ1) is 30.4. The number of carbonyl (C=O) groups excluding carboxylic acids is 2. The van der Waals surface area contributed by atoms with Gasteiger partial charge in [0.2, 0.25) is 8.87 Å². The smallest absolute Gasteiger partial charge is 0.333 e. The van der Waals surface area contributed by atoms with Crippen molar-refractivity contribution in [2.24, 2.45) is 4.99 Å². The van der Waals surface area contributed by atoms with Crippen molar-refractivity contribution in [3.05, 3.63) is 108 Å². The minimum absolute atomic E-state index is 0.0563. The summed E-state index contributed by atoms with van der Waals surface area (Å²) < 4.78 is 37.3. The lowest BCUT2D eigenvalue weighted by atomic mass is 9.99. The van der Waals surface area contributed by atoms with Crippen LogP contribution in [0, 0.1) is 0 Å². The fraction of sp³-hybridized carbons (Fsp3) is 0.233. The van der Waals surface area contributed by atoms with Gasteiger partial charge < -0.3 is 14.4 Å². The fourth-order valence-corrected chi connectivity index (χ4v) is 7.96. The van der Waals surface area contributed by atoms with Gasteiger partial charge in [-0.05, 0) is 47.9 Å². The van der Waals surface area contributed by atoms with Crippen molar-refractivity contribution in [3.8, 4) is 5.75 Å². The first-order valence-electron chi connectivity index (χ1n) is 12.6. The van der Waals surface area contributed by atoms with Gasteiger partial charge in [0, 0.05) is 17.2 Å². The highest BCUT2D eigenvalue weighted by Crippen LogP contribution is 2.41. The first-order chi connectivity index (χ1) is 19.6. The van der Waals surface area contributed by atoms with Crippen molar-refractivity contribution in [1.29, 1.82) is 0 Å². The van der Waals surface area contributed by atoms with Gasteiger partial charge in [-0.3, -0.25) is 9.79 Å².